The molecule has 1 saturated carbocycles. The van der Waals surface area contributed by atoms with E-state index in [-0.39, 0.29) is 0 Å². The minimum atomic E-state index is 0.367. The van der Waals surface area contributed by atoms with Gasteiger partial charge in [0, 0.05) is 12.1 Å². The largest absolute Gasteiger partial charge is 0.303 e. The summed E-state index contributed by atoms with van der Waals surface area (Å²) in [5.41, 5.74) is 0.866. The standard InChI is InChI=1S/C25H48N2/c1-20(2)22-9-17-27(18-10-22)25(5,6)14-13-24(3,4)23-11-15-26(16-12-23)19-21-7-8-21/h20-23H,7-19H2,1-6H3. The minimum absolute atomic E-state index is 0.367. The van der Waals surface area contributed by atoms with Gasteiger partial charge in [0.1, 0.15) is 0 Å². The lowest BCUT2D eigenvalue weighted by atomic mass is 9.69. The van der Waals surface area contributed by atoms with Gasteiger partial charge in [-0.2, -0.15) is 0 Å². The predicted octanol–water partition coefficient (Wildman–Crippen LogP) is 6.06. The smallest absolute Gasteiger partial charge is 0.0153 e. The Kier molecular flexibility index (Phi) is 7.00. The van der Waals surface area contributed by atoms with E-state index < -0.39 is 0 Å². The van der Waals surface area contributed by atoms with Crippen LogP contribution >= 0.6 is 0 Å². The first kappa shape index (κ1) is 21.6. The zero-order chi connectivity index (χ0) is 19.7. The monoisotopic (exact) mass is 376 g/mol. The molecule has 0 aromatic carbocycles. The molecule has 0 amide bonds. The van der Waals surface area contributed by atoms with E-state index in [0.717, 1.165) is 23.7 Å². The first-order chi connectivity index (χ1) is 12.7. The fourth-order valence-electron chi connectivity index (χ4n) is 5.72. The minimum Gasteiger partial charge on any atom is -0.303 e. The average molecular weight is 377 g/mol. The van der Waals surface area contributed by atoms with Gasteiger partial charge >= 0.3 is 0 Å². The molecule has 2 nitrogen and oxygen atoms in total. The lowest BCUT2D eigenvalue weighted by molar-refractivity contribution is 0.0344. The van der Waals surface area contributed by atoms with Crippen LogP contribution in [-0.4, -0.2) is 48.1 Å². The zero-order valence-corrected chi connectivity index (χ0v) is 19.4. The van der Waals surface area contributed by atoms with Gasteiger partial charge in [-0.05, 0) is 120 Å². The molecule has 1 aliphatic carbocycles. The predicted molar refractivity (Wildman–Crippen MR) is 118 cm³/mol. The van der Waals surface area contributed by atoms with E-state index in [1.54, 1.807) is 0 Å². The normalized spacial score (nSPS) is 25.4. The van der Waals surface area contributed by atoms with Gasteiger partial charge in [0.15, 0.2) is 0 Å². The van der Waals surface area contributed by atoms with Crippen molar-refractivity contribution in [1.29, 1.82) is 0 Å². The summed E-state index contributed by atoms with van der Waals surface area (Å²) in [6, 6.07) is 0. The molecular formula is C25H48N2. The Hall–Kier alpha value is -0.0800. The van der Waals surface area contributed by atoms with Gasteiger partial charge in [0.25, 0.3) is 0 Å². The van der Waals surface area contributed by atoms with Gasteiger partial charge in [-0.25, -0.2) is 0 Å². The molecule has 0 bridgehead atoms. The summed E-state index contributed by atoms with van der Waals surface area (Å²) in [6.07, 6.45) is 11.4. The van der Waals surface area contributed by atoms with Crippen LogP contribution in [0, 0.1) is 29.1 Å². The molecule has 2 saturated heterocycles. The fourth-order valence-corrected chi connectivity index (χ4v) is 5.72. The molecule has 3 rings (SSSR count). The summed E-state index contributed by atoms with van der Waals surface area (Å²) in [5.74, 6) is 3.79. The van der Waals surface area contributed by atoms with Gasteiger partial charge in [0.2, 0.25) is 0 Å². The maximum atomic E-state index is 2.81. The summed E-state index contributed by atoms with van der Waals surface area (Å²) >= 11 is 0. The molecule has 0 spiro atoms. The first-order valence-corrected chi connectivity index (χ1v) is 12.1. The number of likely N-dealkylation sites (tertiary alicyclic amines) is 2. The van der Waals surface area contributed by atoms with Gasteiger partial charge in [-0.3, -0.25) is 4.90 Å². The number of hydrogen-bond acceptors (Lipinski definition) is 2. The molecular weight excluding hydrogens is 328 g/mol. The zero-order valence-electron chi connectivity index (χ0n) is 19.4. The van der Waals surface area contributed by atoms with E-state index in [9.17, 15) is 0 Å². The molecule has 0 radical (unpaired) electrons. The van der Waals surface area contributed by atoms with Crippen LogP contribution < -0.4 is 0 Å². The van der Waals surface area contributed by atoms with E-state index in [2.05, 4.69) is 51.3 Å². The van der Waals surface area contributed by atoms with Gasteiger partial charge in [-0.1, -0.05) is 27.7 Å². The topological polar surface area (TPSA) is 6.48 Å². The van der Waals surface area contributed by atoms with Crippen LogP contribution in [0.5, 0.6) is 0 Å². The first-order valence-electron chi connectivity index (χ1n) is 12.1. The highest BCUT2D eigenvalue weighted by Crippen LogP contribution is 2.42. The molecule has 2 aliphatic heterocycles. The molecule has 3 aliphatic rings. The van der Waals surface area contributed by atoms with Crippen LogP contribution in [-0.2, 0) is 0 Å². The second kappa shape index (κ2) is 8.74. The third-order valence-electron chi connectivity index (χ3n) is 8.63. The molecule has 0 N–H and O–H groups in total. The van der Waals surface area contributed by atoms with Crippen LogP contribution in [0.4, 0.5) is 0 Å². The highest BCUT2D eigenvalue weighted by Gasteiger charge is 2.37. The van der Waals surface area contributed by atoms with E-state index >= 15 is 0 Å². The molecule has 0 unspecified atom stereocenters. The van der Waals surface area contributed by atoms with Gasteiger partial charge < -0.3 is 4.90 Å². The molecule has 3 fully saturated rings. The Morgan fingerprint density at radius 3 is 1.89 bits per heavy atom. The fraction of sp³-hybridized carbons (Fsp3) is 1.00. The Balaban J connectivity index is 1.43. The maximum Gasteiger partial charge on any atom is 0.0153 e. The molecule has 0 aromatic heterocycles. The Bertz CT molecular complexity index is 447. The number of nitrogens with zero attached hydrogens (tertiary/aromatic N) is 2. The number of piperidine rings is 2. The summed E-state index contributed by atoms with van der Waals surface area (Å²) in [4.78, 5) is 5.56. The molecule has 0 aromatic rings. The van der Waals surface area contributed by atoms with Crippen molar-refractivity contribution in [1.82, 2.24) is 9.80 Å². The molecule has 2 heteroatoms. The summed E-state index contributed by atoms with van der Waals surface area (Å²) in [7, 11) is 0. The van der Waals surface area contributed by atoms with Crippen molar-refractivity contribution < 1.29 is 0 Å². The SMILES string of the molecule is CC(C)C1CCN(C(C)(C)CCC(C)(C)C2CCN(CC3CC3)CC2)CC1. The van der Waals surface area contributed by atoms with Gasteiger partial charge in [0.05, 0.1) is 0 Å². The van der Waals surface area contributed by atoms with E-state index in [0.29, 0.717) is 11.0 Å². The summed E-state index contributed by atoms with van der Waals surface area (Å²) in [5, 5.41) is 0. The van der Waals surface area contributed by atoms with Crippen LogP contribution in [0.25, 0.3) is 0 Å². The third-order valence-corrected chi connectivity index (χ3v) is 8.63. The number of hydrogen-bond donors (Lipinski definition) is 0. The van der Waals surface area contributed by atoms with E-state index in [1.165, 1.54) is 84.1 Å². The van der Waals surface area contributed by atoms with Gasteiger partial charge in [-0.15, -0.1) is 0 Å². The van der Waals surface area contributed by atoms with Crippen LogP contribution in [0.3, 0.4) is 0 Å². The number of rotatable bonds is 8. The van der Waals surface area contributed by atoms with Crippen molar-refractivity contribution in [3.05, 3.63) is 0 Å². The van der Waals surface area contributed by atoms with Crippen molar-refractivity contribution in [2.24, 2.45) is 29.1 Å². The van der Waals surface area contributed by atoms with Crippen molar-refractivity contribution in [2.75, 3.05) is 32.7 Å². The van der Waals surface area contributed by atoms with E-state index in [4.69, 9.17) is 0 Å². The van der Waals surface area contributed by atoms with Crippen molar-refractivity contribution >= 4 is 0 Å². The molecule has 0 atom stereocenters. The summed E-state index contributed by atoms with van der Waals surface area (Å²) < 4.78 is 0. The van der Waals surface area contributed by atoms with Crippen LogP contribution in [0.15, 0.2) is 0 Å². The molecule has 27 heavy (non-hydrogen) atoms. The summed E-state index contributed by atoms with van der Waals surface area (Å²) in [6.45, 7) is 21.7. The lowest BCUT2D eigenvalue weighted by Crippen LogP contribution is -2.49. The second-order valence-corrected chi connectivity index (χ2v) is 11.9. The highest BCUT2D eigenvalue weighted by molar-refractivity contribution is 4.91. The van der Waals surface area contributed by atoms with Crippen molar-refractivity contribution in [3.63, 3.8) is 0 Å². The highest BCUT2D eigenvalue weighted by atomic mass is 15.2. The lowest BCUT2D eigenvalue weighted by Gasteiger charge is -2.46. The maximum absolute atomic E-state index is 2.81. The van der Waals surface area contributed by atoms with E-state index in [1.807, 2.05) is 0 Å². The van der Waals surface area contributed by atoms with Crippen molar-refractivity contribution in [3.8, 4) is 0 Å². The average Bonchev–Trinajstić information content (AvgIpc) is 3.45. The molecule has 158 valence electrons. The van der Waals surface area contributed by atoms with Crippen molar-refractivity contribution in [2.45, 2.75) is 98.4 Å². The third kappa shape index (κ3) is 5.95. The Morgan fingerprint density at radius 2 is 1.37 bits per heavy atom. The Morgan fingerprint density at radius 1 is 0.778 bits per heavy atom. The second-order valence-electron chi connectivity index (χ2n) is 11.9. The van der Waals surface area contributed by atoms with Crippen LogP contribution in [0.1, 0.15) is 92.9 Å². The molecule has 2 heterocycles. The quantitative estimate of drug-likeness (QED) is 0.508. The Labute approximate surface area is 170 Å². The van der Waals surface area contributed by atoms with Crippen LogP contribution in [0.2, 0.25) is 0 Å².